The van der Waals surface area contributed by atoms with Gasteiger partial charge in [-0.1, -0.05) is 87.4 Å². The molecular formula is C28H32Cl2Zr. The molecule has 0 heterocycles. The van der Waals surface area contributed by atoms with Gasteiger partial charge >= 0.3 is 26.2 Å². The van der Waals surface area contributed by atoms with Gasteiger partial charge < -0.3 is 0 Å². The number of hydrogen-bond acceptors (Lipinski definition) is 0. The number of rotatable bonds is 6. The van der Waals surface area contributed by atoms with E-state index in [0.717, 1.165) is 25.7 Å². The molecule has 0 aliphatic heterocycles. The van der Waals surface area contributed by atoms with Gasteiger partial charge in [0.05, 0.1) is 0 Å². The van der Waals surface area contributed by atoms with Crippen LogP contribution in [-0.4, -0.2) is 0 Å². The summed E-state index contributed by atoms with van der Waals surface area (Å²) in [5.74, 6) is 1.20. The second-order valence-corrected chi connectivity index (χ2v) is 7.65. The molecule has 2 atom stereocenters. The van der Waals surface area contributed by atoms with Gasteiger partial charge in [0.1, 0.15) is 0 Å². The van der Waals surface area contributed by atoms with Crippen LogP contribution in [0.25, 0.3) is 0 Å². The number of halogens is 2. The Morgan fingerprint density at radius 2 is 1.00 bits per heavy atom. The molecule has 0 fully saturated rings. The molecule has 2 unspecified atom stereocenters. The minimum Gasteiger partial charge on any atom is -0.269 e. The summed E-state index contributed by atoms with van der Waals surface area (Å²) >= 11 is 0. The standard InChI is InChI=1S/2C14H15.2ClH.Zr/c2*1-12(11-13-7-5-6-8-13)14-9-3-2-4-10-14;;;/h2*2-5,7,9-10,12H,6,11H2,1H3;2*1H;/q2*-1;;;+2. The Balaban J connectivity index is 0.000000529. The second-order valence-electron chi connectivity index (χ2n) is 7.65. The Kier molecular flexibility index (Phi) is 15.9. The first-order chi connectivity index (χ1) is 13.7. The van der Waals surface area contributed by atoms with E-state index in [9.17, 15) is 0 Å². The third-order valence-electron chi connectivity index (χ3n) is 5.32. The molecule has 0 bridgehead atoms. The SMILES string of the molecule is CC(CC1=[C-]CC=C1)c1ccccc1.CC(CC1=[C-]CC=C1)c1ccccc1.Cl.Cl.[Zr+2]. The average Bonchev–Trinajstić information content (AvgIpc) is 3.44. The summed E-state index contributed by atoms with van der Waals surface area (Å²) in [6.45, 7) is 4.55. The minimum absolute atomic E-state index is 0. The Hall–Kier alpha value is -1.14. The predicted molar refractivity (Wildman–Crippen MR) is 134 cm³/mol. The van der Waals surface area contributed by atoms with Crippen molar-refractivity contribution in [2.24, 2.45) is 0 Å². The molecule has 162 valence electrons. The fourth-order valence-corrected chi connectivity index (χ4v) is 3.64. The molecule has 0 radical (unpaired) electrons. The fraction of sp³-hybridized carbons (Fsp3) is 0.286. The third kappa shape index (κ3) is 10.3. The van der Waals surface area contributed by atoms with Crippen molar-refractivity contribution < 1.29 is 26.2 Å². The maximum absolute atomic E-state index is 3.36. The second kappa shape index (κ2) is 16.5. The maximum atomic E-state index is 3.36. The topological polar surface area (TPSA) is 0 Å². The van der Waals surface area contributed by atoms with Crippen LogP contribution in [0, 0.1) is 12.2 Å². The van der Waals surface area contributed by atoms with E-state index < -0.39 is 0 Å². The quantitative estimate of drug-likeness (QED) is 0.328. The van der Waals surface area contributed by atoms with Gasteiger partial charge in [-0.2, -0.15) is 12.2 Å². The van der Waals surface area contributed by atoms with Crippen molar-refractivity contribution in [2.45, 2.75) is 51.4 Å². The maximum Gasteiger partial charge on any atom is 2.00 e. The zero-order valence-electron chi connectivity index (χ0n) is 18.4. The van der Waals surface area contributed by atoms with Crippen molar-refractivity contribution in [3.05, 3.63) is 119 Å². The minimum atomic E-state index is 0. The number of benzene rings is 2. The van der Waals surface area contributed by atoms with Crippen LogP contribution in [0.5, 0.6) is 0 Å². The van der Waals surface area contributed by atoms with Crippen LogP contribution in [-0.2, 0) is 26.2 Å². The van der Waals surface area contributed by atoms with E-state index in [1.165, 1.54) is 22.3 Å². The smallest absolute Gasteiger partial charge is 0.269 e. The summed E-state index contributed by atoms with van der Waals surface area (Å²) < 4.78 is 0. The molecule has 0 saturated heterocycles. The molecule has 3 heteroatoms. The summed E-state index contributed by atoms with van der Waals surface area (Å²) in [6.07, 6.45) is 19.7. The molecule has 0 spiro atoms. The van der Waals surface area contributed by atoms with Gasteiger partial charge in [0.2, 0.25) is 0 Å². The van der Waals surface area contributed by atoms with Crippen molar-refractivity contribution in [2.75, 3.05) is 0 Å². The van der Waals surface area contributed by atoms with Crippen LogP contribution in [0.4, 0.5) is 0 Å². The average molecular weight is 531 g/mol. The van der Waals surface area contributed by atoms with Gasteiger partial charge in [0, 0.05) is 0 Å². The molecule has 31 heavy (non-hydrogen) atoms. The molecule has 0 saturated carbocycles. The van der Waals surface area contributed by atoms with Crippen molar-refractivity contribution in [1.82, 2.24) is 0 Å². The van der Waals surface area contributed by atoms with E-state index in [4.69, 9.17) is 0 Å². The number of hydrogen-bond donors (Lipinski definition) is 0. The van der Waals surface area contributed by atoms with Crippen LogP contribution in [0.1, 0.15) is 62.5 Å². The van der Waals surface area contributed by atoms with E-state index in [2.05, 4.69) is 111 Å². The molecule has 4 rings (SSSR count). The van der Waals surface area contributed by atoms with Crippen molar-refractivity contribution >= 4 is 24.8 Å². The van der Waals surface area contributed by atoms with E-state index in [-0.39, 0.29) is 51.0 Å². The van der Waals surface area contributed by atoms with Crippen molar-refractivity contribution in [3.8, 4) is 0 Å². The van der Waals surface area contributed by atoms with Crippen molar-refractivity contribution in [3.63, 3.8) is 0 Å². The van der Waals surface area contributed by atoms with Crippen LogP contribution >= 0.6 is 24.8 Å². The van der Waals surface area contributed by atoms with Gasteiger partial charge in [-0.3, -0.25) is 12.2 Å². The Morgan fingerprint density at radius 1 is 0.645 bits per heavy atom. The molecular weight excluding hydrogens is 498 g/mol. The van der Waals surface area contributed by atoms with Gasteiger partial charge in [-0.05, 0) is 23.0 Å². The molecule has 2 aromatic rings. The van der Waals surface area contributed by atoms with Gasteiger partial charge in [0.15, 0.2) is 0 Å². The van der Waals surface area contributed by atoms with Crippen LogP contribution < -0.4 is 0 Å². The first-order valence-electron chi connectivity index (χ1n) is 10.3. The molecule has 2 aromatic carbocycles. The zero-order valence-corrected chi connectivity index (χ0v) is 22.5. The van der Waals surface area contributed by atoms with Crippen LogP contribution in [0.2, 0.25) is 0 Å². The predicted octanol–water partition coefficient (Wildman–Crippen LogP) is 8.58. The summed E-state index contributed by atoms with van der Waals surface area (Å²) in [6, 6.07) is 21.3. The van der Waals surface area contributed by atoms with Gasteiger partial charge in [-0.25, -0.2) is 23.3 Å². The summed E-state index contributed by atoms with van der Waals surface area (Å²) in [5.41, 5.74) is 5.56. The van der Waals surface area contributed by atoms with E-state index >= 15 is 0 Å². The van der Waals surface area contributed by atoms with Crippen LogP contribution in [0.3, 0.4) is 0 Å². The Morgan fingerprint density at radius 3 is 1.29 bits per heavy atom. The van der Waals surface area contributed by atoms with Gasteiger partial charge in [-0.15, -0.1) is 37.7 Å². The first-order valence-corrected chi connectivity index (χ1v) is 10.3. The first kappa shape index (κ1) is 29.9. The molecule has 0 amide bonds. The molecule has 0 aromatic heterocycles. The van der Waals surface area contributed by atoms with E-state index in [1.807, 2.05) is 0 Å². The summed E-state index contributed by atoms with van der Waals surface area (Å²) in [4.78, 5) is 0. The monoisotopic (exact) mass is 528 g/mol. The molecule has 0 nitrogen and oxygen atoms in total. The fourth-order valence-electron chi connectivity index (χ4n) is 3.64. The Bertz CT molecular complexity index is 778. The summed E-state index contributed by atoms with van der Waals surface area (Å²) in [7, 11) is 0. The zero-order chi connectivity index (χ0) is 19.6. The normalized spacial score (nSPS) is 15.2. The molecule has 2 aliphatic rings. The third-order valence-corrected chi connectivity index (χ3v) is 5.32. The van der Waals surface area contributed by atoms with Gasteiger partial charge in [0.25, 0.3) is 0 Å². The summed E-state index contributed by atoms with van der Waals surface area (Å²) in [5, 5.41) is 0. The van der Waals surface area contributed by atoms with Crippen LogP contribution in [0.15, 0.2) is 96.1 Å². The molecule has 0 N–H and O–H groups in total. The van der Waals surface area contributed by atoms with E-state index in [0.29, 0.717) is 11.8 Å². The van der Waals surface area contributed by atoms with Crippen molar-refractivity contribution in [1.29, 1.82) is 0 Å². The van der Waals surface area contributed by atoms with E-state index in [1.54, 1.807) is 0 Å². The number of allylic oxidation sites excluding steroid dienone is 8. The largest absolute Gasteiger partial charge is 2.00 e. The molecule has 2 aliphatic carbocycles. The Labute approximate surface area is 220 Å².